The molecule has 0 fully saturated rings. The van der Waals surface area contributed by atoms with Gasteiger partial charge >= 0.3 is 35.6 Å². The second-order valence-corrected chi connectivity index (χ2v) is 12.6. The Bertz CT molecular complexity index is 811. The summed E-state index contributed by atoms with van der Waals surface area (Å²) in [5, 5.41) is 13.0. The Morgan fingerprint density at radius 1 is 1.00 bits per heavy atom. The van der Waals surface area contributed by atoms with Crippen molar-refractivity contribution in [1.82, 2.24) is 0 Å². The van der Waals surface area contributed by atoms with Gasteiger partial charge in [-0.25, -0.2) is 0 Å². The molecule has 0 aromatic heterocycles. The van der Waals surface area contributed by atoms with Gasteiger partial charge in [-0.3, -0.25) is 4.99 Å². The predicted octanol–water partition coefficient (Wildman–Crippen LogP) is 6.22. The minimum absolute atomic E-state index is 0.0750. The number of aromatic hydroxyl groups is 1. The minimum atomic E-state index is -0.556. The average Bonchev–Trinajstić information content (AvgIpc) is 2.55. The van der Waals surface area contributed by atoms with Gasteiger partial charge in [-0.1, -0.05) is 65.2 Å². The van der Waals surface area contributed by atoms with Crippen molar-refractivity contribution in [2.45, 2.75) is 59.4 Å². The van der Waals surface area contributed by atoms with Gasteiger partial charge in [-0.05, 0) is 50.0 Å². The van der Waals surface area contributed by atoms with E-state index in [-0.39, 0.29) is 11.0 Å². The molecule has 0 bridgehead atoms. The Labute approximate surface area is 188 Å². The van der Waals surface area contributed by atoms with Crippen molar-refractivity contribution in [2.24, 2.45) is 4.99 Å². The summed E-state index contributed by atoms with van der Waals surface area (Å²) < 4.78 is 0. The van der Waals surface area contributed by atoms with E-state index in [0.29, 0.717) is 14.3 Å². The Hall–Kier alpha value is -0.366. The molecule has 0 spiro atoms. The van der Waals surface area contributed by atoms with Gasteiger partial charge < -0.3 is 5.11 Å². The summed E-state index contributed by atoms with van der Waals surface area (Å²) in [6.07, 6.45) is 1.97. The first-order chi connectivity index (χ1) is 12.9. The van der Waals surface area contributed by atoms with Crippen LogP contribution < -0.4 is 10.6 Å². The van der Waals surface area contributed by atoms with Crippen LogP contribution in [-0.2, 0) is 22.4 Å². The molecule has 2 aromatic rings. The van der Waals surface area contributed by atoms with Crippen LogP contribution in [0.2, 0.25) is 0 Å². The normalized spacial score (nSPS) is 12.3. The quantitative estimate of drug-likeness (QED) is 0.320. The van der Waals surface area contributed by atoms with Crippen molar-refractivity contribution in [3.8, 4) is 5.75 Å². The molecule has 2 rings (SSSR count). The molecule has 0 aliphatic rings. The molecule has 2 aromatic carbocycles. The van der Waals surface area contributed by atoms with Crippen molar-refractivity contribution in [1.29, 1.82) is 0 Å². The van der Waals surface area contributed by atoms with Gasteiger partial charge in [0.15, 0.2) is 0 Å². The van der Waals surface area contributed by atoms with Gasteiger partial charge in [0.05, 0.1) is 5.54 Å². The van der Waals surface area contributed by atoms with Crippen LogP contribution in [0.4, 0.5) is 0 Å². The summed E-state index contributed by atoms with van der Waals surface area (Å²) in [4.78, 5) is 4.67. The molecule has 1 N–H and O–H groups in total. The Morgan fingerprint density at radius 3 is 2.14 bits per heavy atom. The predicted molar refractivity (Wildman–Crippen MR) is 125 cm³/mol. The second-order valence-electron chi connectivity index (χ2n) is 8.67. The van der Waals surface area contributed by atoms with E-state index in [2.05, 4.69) is 71.7 Å². The topological polar surface area (TPSA) is 32.6 Å². The zero-order valence-corrected chi connectivity index (χ0v) is 21.8. The summed E-state index contributed by atoms with van der Waals surface area (Å²) in [5.74, 6) is 0.424. The number of aliphatic imine (C=N–C) groups is 1. The van der Waals surface area contributed by atoms with Crippen LogP contribution >= 0.6 is 27.2 Å². The number of halogens is 2. The number of benzene rings is 2. The molecular weight excluding hydrogens is 444 g/mol. The Kier molecular flexibility index (Phi) is 10.2. The summed E-state index contributed by atoms with van der Waals surface area (Å²) >= 11 is -0.556. The van der Waals surface area contributed by atoms with Crippen LogP contribution in [0, 0.1) is 6.92 Å². The molecule has 28 heavy (non-hydrogen) atoms. The molecule has 0 amide bonds. The average molecular weight is 474 g/mol. The molecule has 0 saturated heterocycles. The van der Waals surface area contributed by atoms with Crippen molar-refractivity contribution < 1.29 is 22.1 Å². The molecule has 1 unspecified atom stereocenters. The SMILES string of the molecule is Cc1ccc(Pc2cccc(C(C)(C)C)c2O)c(C=NC(C)(C)C)c1.[Cl][Ti][Cl]. The molecule has 0 aliphatic heterocycles. The van der Waals surface area contributed by atoms with Crippen LogP contribution in [0.25, 0.3) is 0 Å². The number of para-hydroxylation sites is 1. The van der Waals surface area contributed by atoms with Crippen molar-refractivity contribution >= 4 is 44.0 Å². The van der Waals surface area contributed by atoms with Crippen LogP contribution in [0.1, 0.15) is 58.2 Å². The molecule has 0 heterocycles. The number of nitrogens with zero attached hydrogens (tertiary/aromatic N) is 1. The van der Waals surface area contributed by atoms with Gasteiger partial charge in [0.2, 0.25) is 0 Å². The summed E-state index contributed by atoms with van der Waals surface area (Å²) in [6.45, 7) is 14.8. The number of aryl methyl sites for hydroxylation is 1. The third-order valence-electron chi connectivity index (χ3n) is 3.91. The van der Waals surface area contributed by atoms with Gasteiger partial charge in [-0.15, -0.1) is 0 Å². The molecular formula is C22H30Cl2NOPTi. The van der Waals surface area contributed by atoms with E-state index in [1.807, 2.05) is 24.4 Å². The van der Waals surface area contributed by atoms with Crippen molar-refractivity contribution in [3.63, 3.8) is 0 Å². The second kappa shape index (κ2) is 11.1. The first-order valence-electron chi connectivity index (χ1n) is 9.10. The van der Waals surface area contributed by atoms with Crippen LogP contribution in [-0.4, -0.2) is 16.9 Å². The molecule has 6 heteroatoms. The van der Waals surface area contributed by atoms with Gasteiger partial charge in [0, 0.05) is 17.1 Å². The summed E-state index contributed by atoms with van der Waals surface area (Å²) in [6, 6.07) is 12.5. The number of hydrogen-bond acceptors (Lipinski definition) is 2. The van der Waals surface area contributed by atoms with E-state index >= 15 is 0 Å². The monoisotopic (exact) mass is 473 g/mol. The maximum absolute atomic E-state index is 10.8. The molecule has 152 valence electrons. The van der Waals surface area contributed by atoms with E-state index < -0.39 is 17.0 Å². The van der Waals surface area contributed by atoms with E-state index in [1.54, 1.807) is 0 Å². The van der Waals surface area contributed by atoms with Crippen LogP contribution in [0.5, 0.6) is 5.75 Å². The van der Waals surface area contributed by atoms with Gasteiger partial charge in [-0.2, -0.15) is 0 Å². The fraction of sp³-hybridized carbons (Fsp3) is 0.409. The first kappa shape index (κ1) is 25.7. The van der Waals surface area contributed by atoms with E-state index in [4.69, 9.17) is 18.6 Å². The first-order valence-corrected chi connectivity index (χ1v) is 14.4. The van der Waals surface area contributed by atoms with Crippen LogP contribution in [0.15, 0.2) is 41.4 Å². The van der Waals surface area contributed by atoms with Crippen LogP contribution in [0.3, 0.4) is 0 Å². The molecule has 0 radical (unpaired) electrons. The standard InChI is InChI=1S/C22H30NOP.2ClH.Ti/c1-15-11-12-18(16(13-15)14-23-22(5,6)7)25-19-10-8-9-17(20(19)24)21(2,3)4;;;/h8-14,24-25H,1-7H3;2*1H;/q;;;+2/p-2. The number of rotatable bonds is 3. The van der Waals surface area contributed by atoms with E-state index in [9.17, 15) is 5.11 Å². The van der Waals surface area contributed by atoms with Gasteiger partial charge in [0.1, 0.15) is 5.75 Å². The number of hydrogen-bond donors (Lipinski definition) is 1. The van der Waals surface area contributed by atoms with Crippen molar-refractivity contribution in [2.75, 3.05) is 0 Å². The fourth-order valence-corrected chi connectivity index (χ4v) is 3.73. The summed E-state index contributed by atoms with van der Waals surface area (Å²) in [5.41, 5.74) is 3.17. The third-order valence-corrected chi connectivity index (χ3v) is 5.31. The van der Waals surface area contributed by atoms with E-state index in [1.165, 1.54) is 10.9 Å². The number of phenols is 1. The molecule has 1 atom stereocenters. The molecule has 0 aliphatic carbocycles. The third kappa shape index (κ3) is 8.56. The molecule has 2 nitrogen and oxygen atoms in total. The molecule has 0 saturated carbocycles. The fourth-order valence-electron chi connectivity index (χ4n) is 2.56. The van der Waals surface area contributed by atoms with Crippen molar-refractivity contribution in [3.05, 3.63) is 53.1 Å². The Balaban J connectivity index is 0.00000122. The zero-order chi connectivity index (χ0) is 21.5. The van der Waals surface area contributed by atoms with Gasteiger partial charge in [0.25, 0.3) is 0 Å². The maximum atomic E-state index is 10.8. The number of phenolic OH excluding ortho intramolecular Hbond substituents is 1. The van der Waals surface area contributed by atoms with E-state index in [0.717, 1.165) is 16.4 Å². The Morgan fingerprint density at radius 2 is 1.61 bits per heavy atom. The summed E-state index contributed by atoms with van der Waals surface area (Å²) in [7, 11) is 10.2. The zero-order valence-electron chi connectivity index (χ0n) is 17.7.